The van der Waals surface area contributed by atoms with Crippen molar-refractivity contribution < 1.29 is 0 Å². The van der Waals surface area contributed by atoms with Gasteiger partial charge in [-0.15, -0.1) is 0 Å². The Kier molecular flexibility index (Phi) is 6.45. The van der Waals surface area contributed by atoms with Gasteiger partial charge in [0.15, 0.2) is 0 Å². The molecule has 0 amide bonds. The van der Waals surface area contributed by atoms with Gasteiger partial charge in [-0.2, -0.15) is 0 Å². The Morgan fingerprint density at radius 1 is 1.00 bits per heavy atom. The third-order valence-corrected chi connectivity index (χ3v) is 4.12. The summed E-state index contributed by atoms with van der Waals surface area (Å²) in [5.74, 6) is 0.749. The van der Waals surface area contributed by atoms with Crippen LogP contribution in [0.15, 0.2) is 0 Å². The predicted molar refractivity (Wildman–Crippen MR) is 75.5 cm³/mol. The summed E-state index contributed by atoms with van der Waals surface area (Å²) < 4.78 is 0. The lowest BCUT2D eigenvalue weighted by atomic mass is 10.0. The molecule has 0 aromatic heterocycles. The van der Waals surface area contributed by atoms with Gasteiger partial charge in [-0.3, -0.25) is 4.90 Å². The topological polar surface area (TPSA) is 9.72 Å². The quantitative estimate of drug-likeness (QED) is 0.699. The van der Waals surface area contributed by atoms with Crippen molar-refractivity contribution in [3.8, 4) is 0 Å². The second-order valence-corrected chi connectivity index (χ2v) is 5.64. The highest BCUT2D eigenvalue weighted by atomic mass is 15.3. The van der Waals surface area contributed by atoms with Crippen LogP contribution in [0.5, 0.6) is 0 Å². The third kappa shape index (κ3) is 4.57. The van der Waals surface area contributed by atoms with E-state index >= 15 is 0 Å². The summed E-state index contributed by atoms with van der Waals surface area (Å²) in [5.41, 5.74) is 0. The maximum atomic E-state index is 2.70. The predicted octanol–water partition coefficient (Wildman–Crippen LogP) is 1.60. The molecule has 0 spiro atoms. The molecular weight excluding hydrogens is 210 g/mol. The van der Waals surface area contributed by atoms with Gasteiger partial charge < -0.3 is 9.80 Å². The Balaban J connectivity index is 2.53. The molecule has 17 heavy (non-hydrogen) atoms. The highest BCUT2D eigenvalue weighted by molar-refractivity contribution is 4.82. The van der Waals surface area contributed by atoms with Gasteiger partial charge >= 0.3 is 0 Å². The molecule has 1 aliphatic heterocycles. The first kappa shape index (κ1) is 14.9. The number of hydrogen-bond acceptors (Lipinski definition) is 3. The van der Waals surface area contributed by atoms with Crippen LogP contribution >= 0.6 is 0 Å². The lowest BCUT2D eigenvalue weighted by Crippen LogP contribution is -2.54. The molecule has 0 bridgehead atoms. The average Bonchev–Trinajstić information content (AvgIpc) is 2.32. The first-order chi connectivity index (χ1) is 8.08. The number of hydrogen-bond donors (Lipinski definition) is 0. The molecule has 3 nitrogen and oxygen atoms in total. The monoisotopic (exact) mass is 241 g/mol. The van der Waals surface area contributed by atoms with Gasteiger partial charge in [-0.25, -0.2) is 0 Å². The van der Waals surface area contributed by atoms with Gasteiger partial charge in [0.05, 0.1) is 0 Å². The number of nitrogens with zero attached hydrogens (tertiary/aromatic N) is 3. The molecule has 1 atom stereocenters. The molecule has 0 aliphatic carbocycles. The zero-order chi connectivity index (χ0) is 12.8. The first-order valence-corrected chi connectivity index (χ1v) is 7.23. The largest absolute Gasteiger partial charge is 0.304 e. The van der Waals surface area contributed by atoms with Crippen molar-refractivity contribution in [3.05, 3.63) is 0 Å². The van der Waals surface area contributed by atoms with Crippen LogP contribution in [0.2, 0.25) is 0 Å². The SMILES string of the molecule is CCN(CC)CC(C(C)C)N1CCN(C)CC1. The summed E-state index contributed by atoms with van der Waals surface area (Å²) in [6, 6.07) is 0.726. The van der Waals surface area contributed by atoms with Crippen molar-refractivity contribution in [2.24, 2.45) is 5.92 Å². The second-order valence-electron chi connectivity index (χ2n) is 5.64. The Morgan fingerprint density at radius 2 is 1.53 bits per heavy atom. The van der Waals surface area contributed by atoms with Crippen LogP contribution in [0.25, 0.3) is 0 Å². The fourth-order valence-corrected chi connectivity index (χ4v) is 2.65. The standard InChI is InChI=1S/C14H31N3/c1-6-16(7-2)12-14(13(3)4)17-10-8-15(5)9-11-17/h13-14H,6-12H2,1-5H3. The Morgan fingerprint density at radius 3 is 1.94 bits per heavy atom. The summed E-state index contributed by atoms with van der Waals surface area (Å²) in [4.78, 5) is 7.69. The molecular formula is C14H31N3. The summed E-state index contributed by atoms with van der Waals surface area (Å²) in [5, 5.41) is 0. The van der Waals surface area contributed by atoms with Crippen molar-refractivity contribution in [1.82, 2.24) is 14.7 Å². The normalized spacial score (nSPS) is 21.4. The minimum atomic E-state index is 0.726. The van der Waals surface area contributed by atoms with E-state index in [0.717, 1.165) is 12.0 Å². The van der Waals surface area contributed by atoms with Crippen molar-refractivity contribution in [2.75, 3.05) is 52.9 Å². The Labute approximate surface area is 108 Å². The molecule has 0 aromatic rings. The van der Waals surface area contributed by atoms with Gasteiger partial charge in [-0.05, 0) is 26.1 Å². The number of rotatable bonds is 6. The molecule has 1 unspecified atom stereocenters. The van der Waals surface area contributed by atoms with Gasteiger partial charge in [0.2, 0.25) is 0 Å². The van der Waals surface area contributed by atoms with E-state index in [0.29, 0.717) is 0 Å². The highest BCUT2D eigenvalue weighted by Crippen LogP contribution is 2.14. The number of likely N-dealkylation sites (N-methyl/N-ethyl adjacent to an activating group) is 2. The molecule has 1 rings (SSSR count). The van der Waals surface area contributed by atoms with Crippen LogP contribution in [-0.2, 0) is 0 Å². The van der Waals surface area contributed by atoms with Crippen LogP contribution in [0.1, 0.15) is 27.7 Å². The maximum absolute atomic E-state index is 2.70. The van der Waals surface area contributed by atoms with Gasteiger partial charge in [0, 0.05) is 38.8 Å². The Hall–Kier alpha value is -0.120. The summed E-state index contributed by atoms with van der Waals surface area (Å²) in [6.07, 6.45) is 0. The van der Waals surface area contributed by atoms with E-state index in [9.17, 15) is 0 Å². The smallest absolute Gasteiger partial charge is 0.0247 e. The fourth-order valence-electron chi connectivity index (χ4n) is 2.65. The van der Waals surface area contributed by atoms with Crippen LogP contribution in [0.3, 0.4) is 0 Å². The second kappa shape index (κ2) is 7.34. The van der Waals surface area contributed by atoms with Crippen molar-refractivity contribution in [2.45, 2.75) is 33.7 Å². The summed E-state index contributed by atoms with van der Waals surface area (Å²) in [6.45, 7) is 17.8. The van der Waals surface area contributed by atoms with Crippen LogP contribution < -0.4 is 0 Å². The van der Waals surface area contributed by atoms with E-state index in [2.05, 4.69) is 49.4 Å². The van der Waals surface area contributed by atoms with Gasteiger partial charge in [0.1, 0.15) is 0 Å². The van der Waals surface area contributed by atoms with Crippen LogP contribution in [0.4, 0.5) is 0 Å². The zero-order valence-corrected chi connectivity index (χ0v) is 12.4. The summed E-state index contributed by atoms with van der Waals surface area (Å²) >= 11 is 0. The molecule has 0 N–H and O–H groups in total. The molecule has 0 saturated carbocycles. The van der Waals surface area contributed by atoms with E-state index < -0.39 is 0 Å². The molecule has 0 radical (unpaired) electrons. The summed E-state index contributed by atoms with van der Waals surface area (Å²) in [7, 11) is 2.23. The lowest BCUT2D eigenvalue weighted by molar-refractivity contribution is 0.0652. The van der Waals surface area contributed by atoms with Crippen LogP contribution in [0, 0.1) is 5.92 Å². The Bertz CT molecular complexity index is 194. The molecule has 1 saturated heterocycles. The molecule has 1 fully saturated rings. The molecule has 1 aliphatic rings. The first-order valence-electron chi connectivity index (χ1n) is 7.23. The highest BCUT2D eigenvalue weighted by Gasteiger charge is 2.25. The third-order valence-electron chi connectivity index (χ3n) is 4.12. The van der Waals surface area contributed by atoms with Crippen molar-refractivity contribution in [3.63, 3.8) is 0 Å². The van der Waals surface area contributed by atoms with E-state index in [4.69, 9.17) is 0 Å². The average molecular weight is 241 g/mol. The molecule has 102 valence electrons. The van der Waals surface area contributed by atoms with E-state index in [1.807, 2.05) is 0 Å². The maximum Gasteiger partial charge on any atom is 0.0247 e. The van der Waals surface area contributed by atoms with E-state index in [1.54, 1.807) is 0 Å². The molecule has 1 heterocycles. The number of piperazine rings is 1. The minimum absolute atomic E-state index is 0.726. The molecule has 3 heteroatoms. The minimum Gasteiger partial charge on any atom is -0.304 e. The van der Waals surface area contributed by atoms with E-state index in [1.165, 1.54) is 45.8 Å². The van der Waals surface area contributed by atoms with Gasteiger partial charge in [-0.1, -0.05) is 27.7 Å². The zero-order valence-electron chi connectivity index (χ0n) is 12.4. The van der Waals surface area contributed by atoms with Crippen molar-refractivity contribution in [1.29, 1.82) is 0 Å². The van der Waals surface area contributed by atoms with E-state index in [-0.39, 0.29) is 0 Å². The lowest BCUT2D eigenvalue weighted by Gasteiger charge is -2.41. The van der Waals surface area contributed by atoms with Gasteiger partial charge in [0.25, 0.3) is 0 Å². The fraction of sp³-hybridized carbons (Fsp3) is 1.00. The van der Waals surface area contributed by atoms with Crippen molar-refractivity contribution >= 4 is 0 Å². The molecule has 0 aromatic carbocycles. The van der Waals surface area contributed by atoms with Crippen LogP contribution in [-0.4, -0.2) is 73.6 Å².